The molecule has 0 aliphatic heterocycles. The molecule has 0 N–H and O–H groups in total. The van der Waals surface area contributed by atoms with Gasteiger partial charge in [0.1, 0.15) is 11.8 Å². The van der Waals surface area contributed by atoms with Gasteiger partial charge in [-0.05, 0) is 49.8 Å². The summed E-state index contributed by atoms with van der Waals surface area (Å²) >= 11 is 0. The number of rotatable bonds is 7. The monoisotopic (exact) mass is 400 g/mol. The van der Waals surface area contributed by atoms with Gasteiger partial charge in [-0.2, -0.15) is 10.4 Å². The Kier molecular flexibility index (Phi) is 6.66. The van der Waals surface area contributed by atoms with Crippen LogP contribution < -0.4 is 4.74 Å². The molecule has 0 atom stereocenters. The van der Waals surface area contributed by atoms with Crippen LogP contribution in [0.4, 0.5) is 0 Å². The number of carbonyl (C=O) groups excluding carboxylic acids is 1. The highest BCUT2D eigenvalue weighted by molar-refractivity contribution is 5.91. The Hall–Kier alpha value is -3.85. The maximum absolute atomic E-state index is 12.6. The quantitative estimate of drug-likeness (QED) is 0.561. The second-order valence-electron chi connectivity index (χ2n) is 6.94. The Bertz CT molecular complexity index is 1080. The minimum absolute atomic E-state index is 0.0121. The summed E-state index contributed by atoms with van der Waals surface area (Å²) in [7, 11) is 1.78. The summed E-state index contributed by atoms with van der Waals surface area (Å²) in [6, 6.07) is 19.1. The van der Waals surface area contributed by atoms with Crippen molar-refractivity contribution < 1.29 is 9.53 Å². The molecule has 1 heterocycles. The molecule has 2 aromatic carbocycles. The lowest BCUT2D eigenvalue weighted by Gasteiger charge is -2.15. The molecule has 0 fully saturated rings. The summed E-state index contributed by atoms with van der Waals surface area (Å²) in [5.74, 6) is 0.532. The molecule has 0 unspecified atom stereocenters. The molecule has 1 aromatic heterocycles. The number of nitrogens with zero attached hydrogens (tertiary/aromatic N) is 4. The van der Waals surface area contributed by atoms with E-state index in [1.54, 1.807) is 36.2 Å². The molecule has 30 heavy (non-hydrogen) atoms. The first-order valence-electron chi connectivity index (χ1n) is 9.63. The molecule has 3 rings (SSSR count). The summed E-state index contributed by atoms with van der Waals surface area (Å²) in [5, 5.41) is 13.2. The number of likely N-dealkylation sites (N-methyl/N-ethyl adjacent to an activating group) is 1. The van der Waals surface area contributed by atoms with Gasteiger partial charge in [-0.25, -0.2) is 4.68 Å². The third-order valence-electron chi connectivity index (χ3n) is 4.82. The number of nitriles is 1. The van der Waals surface area contributed by atoms with Crippen molar-refractivity contribution in [3.8, 4) is 17.5 Å². The van der Waals surface area contributed by atoms with Crippen molar-refractivity contribution in [3.63, 3.8) is 0 Å². The number of amides is 1. The van der Waals surface area contributed by atoms with Crippen LogP contribution in [0.2, 0.25) is 0 Å². The third kappa shape index (κ3) is 4.95. The fourth-order valence-electron chi connectivity index (χ4n) is 3.13. The second kappa shape index (κ2) is 9.57. The van der Waals surface area contributed by atoms with E-state index in [1.165, 1.54) is 0 Å². The smallest absolute Gasteiger partial charge is 0.246 e. The van der Waals surface area contributed by atoms with Gasteiger partial charge in [-0.1, -0.05) is 30.3 Å². The number of benzene rings is 2. The highest BCUT2D eigenvalue weighted by Gasteiger charge is 2.16. The SMILES string of the molecule is Cc1nn(-c2ccccc2)c(C)c1CN(C)C(=O)/C=C/c1ccc(OCC#N)cc1. The molecule has 0 spiro atoms. The van der Waals surface area contributed by atoms with E-state index in [9.17, 15) is 4.79 Å². The number of carbonyl (C=O) groups is 1. The standard InChI is InChI=1S/C24H24N4O2/c1-18-23(19(2)28(26-18)21-7-5-4-6-8-21)17-27(3)24(29)14-11-20-9-12-22(13-10-20)30-16-15-25/h4-14H,16-17H2,1-3H3/b14-11+. The lowest BCUT2D eigenvalue weighted by Crippen LogP contribution is -2.24. The molecular weight excluding hydrogens is 376 g/mol. The molecule has 6 heteroatoms. The van der Waals surface area contributed by atoms with Crippen molar-refractivity contribution in [2.75, 3.05) is 13.7 Å². The third-order valence-corrected chi connectivity index (χ3v) is 4.82. The highest BCUT2D eigenvalue weighted by Crippen LogP contribution is 2.19. The predicted molar refractivity (Wildman–Crippen MR) is 116 cm³/mol. The molecule has 0 saturated heterocycles. The van der Waals surface area contributed by atoms with Gasteiger partial charge in [-0.3, -0.25) is 4.79 Å². The van der Waals surface area contributed by atoms with Crippen LogP contribution in [-0.4, -0.2) is 34.2 Å². The summed E-state index contributed by atoms with van der Waals surface area (Å²) in [5.41, 5.74) is 4.86. The van der Waals surface area contributed by atoms with Crippen LogP contribution in [-0.2, 0) is 11.3 Å². The molecular formula is C24H24N4O2. The van der Waals surface area contributed by atoms with Gasteiger partial charge in [0, 0.05) is 30.9 Å². The van der Waals surface area contributed by atoms with Crippen LogP contribution in [0.25, 0.3) is 11.8 Å². The Labute approximate surface area is 176 Å². The van der Waals surface area contributed by atoms with Crippen molar-refractivity contribution >= 4 is 12.0 Å². The van der Waals surface area contributed by atoms with E-state index in [2.05, 4.69) is 5.10 Å². The molecule has 6 nitrogen and oxygen atoms in total. The first-order chi connectivity index (χ1) is 14.5. The van der Waals surface area contributed by atoms with Crippen LogP contribution in [0.1, 0.15) is 22.5 Å². The van der Waals surface area contributed by atoms with E-state index in [-0.39, 0.29) is 12.5 Å². The fraction of sp³-hybridized carbons (Fsp3) is 0.208. The van der Waals surface area contributed by atoms with Crippen molar-refractivity contribution in [1.82, 2.24) is 14.7 Å². The molecule has 1 amide bonds. The summed E-state index contributed by atoms with van der Waals surface area (Å²) < 4.78 is 7.14. The van der Waals surface area contributed by atoms with Crippen molar-refractivity contribution in [3.05, 3.63) is 83.2 Å². The molecule has 0 saturated carbocycles. The molecule has 0 bridgehead atoms. The van der Waals surface area contributed by atoms with Gasteiger partial charge < -0.3 is 9.64 Å². The summed E-state index contributed by atoms with van der Waals surface area (Å²) in [6.07, 6.45) is 3.32. The number of aromatic nitrogens is 2. The van der Waals surface area contributed by atoms with Crippen LogP contribution in [0.3, 0.4) is 0 Å². The van der Waals surface area contributed by atoms with E-state index in [1.807, 2.05) is 67.1 Å². The largest absolute Gasteiger partial charge is 0.479 e. The van der Waals surface area contributed by atoms with E-state index >= 15 is 0 Å². The van der Waals surface area contributed by atoms with Gasteiger partial charge in [0.2, 0.25) is 5.91 Å². The minimum Gasteiger partial charge on any atom is -0.479 e. The van der Waals surface area contributed by atoms with E-state index < -0.39 is 0 Å². The summed E-state index contributed by atoms with van der Waals surface area (Å²) in [4.78, 5) is 14.3. The Morgan fingerprint density at radius 1 is 1.17 bits per heavy atom. The zero-order valence-electron chi connectivity index (χ0n) is 17.4. The minimum atomic E-state index is -0.0916. The normalized spacial score (nSPS) is 10.7. The topological polar surface area (TPSA) is 71.2 Å². The molecule has 0 aliphatic carbocycles. The number of ether oxygens (including phenoxy) is 1. The van der Waals surface area contributed by atoms with Gasteiger partial charge in [0.05, 0.1) is 11.4 Å². The van der Waals surface area contributed by atoms with Crippen molar-refractivity contribution in [2.24, 2.45) is 0 Å². The van der Waals surface area contributed by atoms with Gasteiger partial charge in [-0.15, -0.1) is 0 Å². The van der Waals surface area contributed by atoms with Crippen LogP contribution in [0, 0.1) is 25.2 Å². The molecule has 0 aliphatic rings. The van der Waals surface area contributed by atoms with E-state index in [0.29, 0.717) is 12.3 Å². The fourth-order valence-corrected chi connectivity index (χ4v) is 3.13. The Morgan fingerprint density at radius 3 is 2.53 bits per heavy atom. The van der Waals surface area contributed by atoms with Gasteiger partial charge in [0.15, 0.2) is 6.61 Å². The van der Waals surface area contributed by atoms with Crippen LogP contribution >= 0.6 is 0 Å². The van der Waals surface area contributed by atoms with Gasteiger partial charge in [0.25, 0.3) is 0 Å². The molecule has 3 aromatic rings. The Balaban J connectivity index is 1.67. The molecule has 152 valence electrons. The zero-order chi connectivity index (χ0) is 21.5. The van der Waals surface area contributed by atoms with Crippen LogP contribution in [0.5, 0.6) is 5.75 Å². The average molecular weight is 400 g/mol. The van der Waals surface area contributed by atoms with Crippen molar-refractivity contribution in [2.45, 2.75) is 20.4 Å². The first-order valence-corrected chi connectivity index (χ1v) is 9.63. The lowest BCUT2D eigenvalue weighted by atomic mass is 10.1. The zero-order valence-corrected chi connectivity index (χ0v) is 17.4. The van der Waals surface area contributed by atoms with Crippen molar-refractivity contribution in [1.29, 1.82) is 5.26 Å². The number of aryl methyl sites for hydroxylation is 1. The number of para-hydroxylation sites is 1. The maximum Gasteiger partial charge on any atom is 0.246 e. The van der Waals surface area contributed by atoms with Gasteiger partial charge >= 0.3 is 0 Å². The van der Waals surface area contributed by atoms with Crippen LogP contribution in [0.15, 0.2) is 60.7 Å². The molecule has 0 radical (unpaired) electrons. The lowest BCUT2D eigenvalue weighted by molar-refractivity contribution is -0.125. The second-order valence-corrected chi connectivity index (χ2v) is 6.94. The Morgan fingerprint density at radius 2 is 1.87 bits per heavy atom. The number of hydrogen-bond acceptors (Lipinski definition) is 4. The first kappa shape index (κ1) is 20.9. The maximum atomic E-state index is 12.6. The summed E-state index contributed by atoms with van der Waals surface area (Å²) in [6.45, 7) is 4.48. The number of hydrogen-bond donors (Lipinski definition) is 0. The highest BCUT2D eigenvalue weighted by atomic mass is 16.5. The predicted octanol–water partition coefficient (Wildman–Crippen LogP) is 4.06. The average Bonchev–Trinajstić information content (AvgIpc) is 3.05. The van der Waals surface area contributed by atoms with E-state index in [0.717, 1.165) is 28.2 Å². The van der Waals surface area contributed by atoms with E-state index in [4.69, 9.17) is 10.00 Å².